The van der Waals surface area contributed by atoms with E-state index in [0.717, 1.165) is 0 Å². The van der Waals surface area contributed by atoms with E-state index in [1.807, 2.05) is 20.8 Å². The van der Waals surface area contributed by atoms with Crippen LogP contribution in [0.15, 0.2) is 4.52 Å². The average Bonchev–Trinajstić information content (AvgIpc) is 2.61. The zero-order valence-electron chi connectivity index (χ0n) is 9.42. The third kappa shape index (κ3) is 3.67. The smallest absolute Gasteiger partial charge is 0.292 e. The second-order valence-corrected chi connectivity index (χ2v) is 4.19. The van der Waals surface area contributed by atoms with Gasteiger partial charge in [-0.25, -0.2) is 0 Å². The van der Waals surface area contributed by atoms with Crippen molar-refractivity contribution in [2.24, 2.45) is 0 Å². The van der Waals surface area contributed by atoms with E-state index in [2.05, 4.69) is 20.8 Å². The quantitative estimate of drug-likeness (QED) is 0.754. The van der Waals surface area contributed by atoms with Crippen molar-refractivity contribution in [2.75, 3.05) is 7.05 Å². The average molecular weight is 212 g/mol. The first-order chi connectivity index (χ1) is 6.92. The molecule has 1 aromatic heterocycles. The number of nitrogens with one attached hydrogen (secondary N) is 2. The highest BCUT2D eigenvalue weighted by Crippen LogP contribution is 2.02. The van der Waals surface area contributed by atoms with Crippen molar-refractivity contribution in [1.29, 1.82) is 0 Å². The lowest BCUT2D eigenvalue weighted by molar-refractivity contribution is 0.0950. The zero-order valence-corrected chi connectivity index (χ0v) is 9.42. The van der Waals surface area contributed by atoms with Crippen molar-refractivity contribution in [3.63, 3.8) is 0 Å². The summed E-state index contributed by atoms with van der Waals surface area (Å²) in [6.45, 7) is 6.54. The van der Waals surface area contributed by atoms with Crippen LogP contribution in [0.1, 0.15) is 37.3 Å². The van der Waals surface area contributed by atoms with Gasteiger partial charge >= 0.3 is 0 Å². The molecule has 0 spiro atoms. The van der Waals surface area contributed by atoms with Crippen LogP contribution < -0.4 is 10.6 Å². The summed E-state index contributed by atoms with van der Waals surface area (Å²) in [6.07, 6.45) is 0. The second kappa shape index (κ2) is 4.39. The lowest BCUT2D eigenvalue weighted by Gasteiger charge is -2.18. The van der Waals surface area contributed by atoms with E-state index in [9.17, 15) is 4.79 Å². The summed E-state index contributed by atoms with van der Waals surface area (Å²) in [5.74, 6) is 0.118. The number of hydrogen-bond acceptors (Lipinski definition) is 5. The highest BCUT2D eigenvalue weighted by atomic mass is 16.5. The molecule has 6 heteroatoms. The van der Waals surface area contributed by atoms with E-state index >= 15 is 0 Å². The van der Waals surface area contributed by atoms with E-state index in [-0.39, 0.29) is 17.3 Å². The number of aromatic nitrogens is 2. The molecule has 0 saturated heterocycles. The molecule has 2 N–H and O–H groups in total. The molecular formula is C9H16N4O2. The summed E-state index contributed by atoms with van der Waals surface area (Å²) >= 11 is 0. The Morgan fingerprint density at radius 3 is 2.67 bits per heavy atom. The molecule has 0 saturated carbocycles. The van der Waals surface area contributed by atoms with Gasteiger partial charge in [0.15, 0.2) is 0 Å². The van der Waals surface area contributed by atoms with Crippen LogP contribution in [-0.2, 0) is 6.54 Å². The van der Waals surface area contributed by atoms with Crippen molar-refractivity contribution in [3.8, 4) is 0 Å². The largest absolute Gasteiger partial charge is 0.352 e. The van der Waals surface area contributed by atoms with Crippen molar-refractivity contribution in [3.05, 3.63) is 11.7 Å². The Hall–Kier alpha value is -1.43. The molecule has 0 aliphatic carbocycles. The highest BCUT2D eigenvalue weighted by Gasteiger charge is 2.15. The molecule has 84 valence electrons. The van der Waals surface area contributed by atoms with Gasteiger partial charge in [0, 0.05) is 12.6 Å². The van der Waals surface area contributed by atoms with Crippen LogP contribution >= 0.6 is 0 Å². The van der Waals surface area contributed by atoms with Gasteiger partial charge in [0.1, 0.15) is 0 Å². The zero-order chi connectivity index (χ0) is 11.5. The SMILES string of the molecule is CNC(=O)c1noc(CNC(C)(C)C)n1. The maximum Gasteiger partial charge on any atom is 0.292 e. The molecule has 0 atom stereocenters. The lowest BCUT2D eigenvalue weighted by Crippen LogP contribution is -2.35. The summed E-state index contributed by atoms with van der Waals surface area (Å²) < 4.78 is 4.90. The fraction of sp³-hybridized carbons (Fsp3) is 0.667. The fourth-order valence-electron chi connectivity index (χ4n) is 0.871. The molecule has 1 amide bonds. The van der Waals surface area contributed by atoms with Gasteiger partial charge in [-0.05, 0) is 20.8 Å². The second-order valence-electron chi connectivity index (χ2n) is 4.19. The van der Waals surface area contributed by atoms with Crippen LogP contribution in [0.3, 0.4) is 0 Å². The molecule has 6 nitrogen and oxygen atoms in total. The van der Waals surface area contributed by atoms with E-state index in [1.54, 1.807) is 0 Å². The van der Waals surface area contributed by atoms with Crippen molar-refractivity contribution in [1.82, 2.24) is 20.8 Å². The Morgan fingerprint density at radius 2 is 2.13 bits per heavy atom. The first kappa shape index (κ1) is 11.6. The number of amides is 1. The van der Waals surface area contributed by atoms with Crippen LogP contribution in [-0.4, -0.2) is 28.6 Å². The van der Waals surface area contributed by atoms with Gasteiger partial charge in [-0.3, -0.25) is 4.79 Å². The predicted octanol–water partition coefficient (Wildman–Crippen LogP) is 0.317. The molecule has 1 aromatic rings. The molecule has 0 aliphatic heterocycles. The fourth-order valence-corrected chi connectivity index (χ4v) is 0.871. The van der Waals surface area contributed by atoms with Crippen molar-refractivity contribution in [2.45, 2.75) is 32.9 Å². The Morgan fingerprint density at radius 1 is 1.47 bits per heavy atom. The van der Waals surface area contributed by atoms with Gasteiger partial charge in [-0.2, -0.15) is 4.98 Å². The normalized spacial score (nSPS) is 11.5. The lowest BCUT2D eigenvalue weighted by atomic mass is 10.1. The summed E-state index contributed by atoms with van der Waals surface area (Å²) in [4.78, 5) is 15.0. The first-order valence-electron chi connectivity index (χ1n) is 4.72. The third-order valence-electron chi connectivity index (χ3n) is 1.67. The standard InChI is InChI=1S/C9H16N4O2/c1-9(2,3)11-5-6-12-7(13-15-6)8(14)10-4/h11H,5H2,1-4H3,(H,10,14). The van der Waals surface area contributed by atoms with Crippen molar-refractivity contribution >= 4 is 5.91 Å². The Balaban J connectivity index is 2.57. The van der Waals surface area contributed by atoms with E-state index < -0.39 is 0 Å². The molecule has 0 aromatic carbocycles. The minimum absolute atomic E-state index is 0.0261. The first-order valence-corrected chi connectivity index (χ1v) is 4.72. The molecular weight excluding hydrogens is 196 g/mol. The van der Waals surface area contributed by atoms with Crippen LogP contribution in [0.25, 0.3) is 0 Å². The summed E-state index contributed by atoms with van der Waals surface area (Å²) in [7, 11) is 1.52. The molecule has 15 heavy (non-hydrogen) atoms. The molecule has 0 fully saturated rings. The predicted molar refractivity (Wildman–Crippen MR) is 54.3 cm³/mol. The molecule has 1 rings (SSSR count). The Labute approximate surface area is 88.4 Å². The minimum Gasteiger partial charge on any atom is -0.352 e. The van der Waals surface area contributed by atoms with Gasteiger partial charge in [0.2, 0.25) is 5.89 Å². The summed E-state index contributed by atoms with van der Waals surface area (Å²) in [6, 6.07) is 0. The van der Waals surface area contributed by atoms with E-state index in [0.29, 0.717) is 12.4 Å². The number of rotatable bonds is 3. The van der Waals surface area contributed by atoms with Gasteiger partial charge in [0.05, 0.1) is 6.54 Å². The molecule has 0 unspecified atom stereocenters. The topological polar surface area (TPSA) is 80.0 Å². The number of carbonyl (C=O) groups excluding carboxylic acids is 1. The minimum atomic E-state index is -0.347. The molecule has 0 bridgehead atoms. The van der Waals surface area contributed by atoms with Crippen LogP contribution in [0.4, 0.5) is 0 Å². The van der Waals surface area contributed by atoms with E-state index in [1.165, 1.54) is 7.05 Å². The summed E-state index contributed by atoms with van der Waals surface area (Å²) in [5.41, 5.74) is -0.0261. The van der Waals surface area contributed by atoms with Crippen LogP contribution in [0, 0.1) is 0 Å². The number of hydrogen-bond donors (Lipinski definition) is 2. The third-order valence-corrected chi connectivity index (χ3v) is 1.67. The van der Waals surface area contributed by atoms with Crippen molar-refractivity contribution < 1.29 is 9.32 Å². The number of nitrogens with zero attached hydrogens (tertiary/aromatic N) is 2. The van der Waals surface area contributed by atoms with Gasteiger partial charge < -0.3 is 15.2 Å². The van der Waals surface area contributed by atoms with E-state index in [4.69, 9.17) is 4.52 Å². The summed E-state index contributed by atoms with van der Waals surface area (Å²) in [5, 5.41) is 9.15. The van der Waals surface area contributed by atoms with Crippen LogP contribution in [0.2, 0.25) is 0 Å². The highest BCUT2D eigenvalue weighted by molar-refractivity contribution is 5.89. The molecule has 0 aliphatic rings. The molecule has 1 heterocycles. The number of carbonyl (C=O) groups is 1. The Kier molecular flexibility index (Phi) is 3.41. The molecule has 0 radical (unpaired) electrons. The maximum absolute atomic E-state index is 11.1. The maximum atomic E-state index is 11.1. The Bertz CT molecular complexity index is 340. The van der Waals surface area contributed by atoms with Gasteiger partial charge in [0.25, 0.3) is 11.7 Å². The van der Waals surface area contributed by atoms with Gasteiger partial charge in [-0.15, -0.1) is 0 Å². The monoisotopic (exact) mass is 212 g/mol. The van der Waals surface area contributed by atoms with Crippen LogP contribution in [0.5, 0.6) is 0 Å². The van der Waals surface area contributed by atoms with Gasteiger partial charge in [-0.1, -0.05) is 5.16 Å².